The number of nitrogens with zero attached hydrogens (tertiary/aromatic N) is 2. The van der Waals surface area contributed by atoms with Crippen molar-refractivity contribution in [3.63, 3.8) is 0 Å². The average molecular weight is 316 g/mol. The van der Waals surface area contributed by atoms with Gasteiger partial charge in [-0.1, -0.05) is 24.3 Å². The molecule has 2 aliphatic heterocycles. The van der Waals surface area contributed by atoms with Crippen molar-refractivity contribution in [3.05, 3.63) is 35.4 Å². The Morgan fingerprint density at radius 1 is 1.26 bits per heavy atom. The van der Waals surface area contributed by atoms with Crippen LogP contribution in [0.5, 0.6) is 0 Å². The van der Waals surface area contributed by atoms with Gasteiger partial charge in [0.2, 0.25) is 5.91 Å². The van der Waals surface area contributed by atoms with E-state index in [9.17, 15) is 9.59 Å². The lowest BCUT2D eigenvalue weighted by Gasteiger charge is -2.34. The van der Waals surface area contributed by atoms with Crippen LogP contribution in [0.2, 0.25) is 0 Å². The van der Waals surface area contributed by atoms with E-state index in [0.717, 1.165) is 19.5 Å². The largest absolute Gasteiger partial charge is 0.336 e. The van der Waals surface area contributed by atoms with Crippen molar-refractivity contribution in [1.82, 2.24) is 20.4 Å². The normalized spacial score (nSPS) is 20.8. The zero-order valence-corrected chi connectivity index (χ0v) is 13.5. The molecule has 2 N–H and O–H groups in total. The van der Waals surface area contributed by atoms with E-state index in [1.54, 1.807) is 4.90 Å². The minimum absolute atomic E-state index is 0.00948. The van der Waals surface area contributed by atoms with Crippen LogP contribution >= 0.6 is 0 Å². The van der Waals surface area contributed by atoms with E-state index in [1.807, 2.05) is 24.0 Å². The van der Waals surface area contributed by atoms with Gasteiger partial charge in [-0.2, -0.15) is 0 Å². The quantitative estimate of drug-likeness (QED) is 0.839. The third kappa shape index (κ3) is 3.64. The standard InChI is InChI=1S/C17H24N4O2/c1-13-10-18-7-9-21(13)16(22)11-19-17(23)20-8-6-14-4-2-3-5-15(14)12-20/h2-5,13,18H,6-12H2,1H3,(H,19,23). The molecule has 0 aromatic heterocycles. The lowest BCUT2D eigenvalue weighted by atomic mass is 10.0. The second-order valence-corrected chi connectivity index (χ2v) is 6.24. The molecule has 0 radical (unpaired) electrons. The molecule has 1 fully saturated rings. The van der Waals surface area contributed by atoms with Crippen molar-refractivity contribution in [2.75, 3.05) is 32.7 Å². The van der Waals surface area contributed by atoms with Crippen molar-refractivity contribution in [3.8, 4) is 0 Å². The number of fused-ring (bicyclic) bond motifs is 1. The molecule has 6 heteroatoms. The zero-order valence-electron chi connectivity index (χ0n) is 13.5. The van der Waals surface area contributed by atoms with E-state index in [2.05, 4.69) is 22.8 Å². The van der Waals surface area contributed by atoms with Gasteiger partial charge in [0, 0.05) is 38.8 Å². The topological polar surface area (TPSA) is 64.7 Å². The monoisotopic (exact) mass is 316 g/mol. The first-order chi connectivity index (χ1) is 11.1. The number of urea groups is 1. The highest BCUT2D eigenvalue weighted by molar-refractivity contribution is 5.84. The van der Waals surface area contributed by atoms with Gasteiger partial charge in [-0.15, -0.1) is 0 Å². The van der Waals surface area contributed by atoms with E-state index in [0.29, 0.717) is 19.6 Å². The molecular formula is C17H24N4O2. The highest BCUT2D eigenvalue weighted by Crippen LogP contribution is 2.18. The minimum atomic E-state index is -0.157. The van der Waals surface area contributed by atoms with Crippen molar-refractivity contribution in [2.45, 2.75) is 25.9 Å². The zero-order chi connectivity index (χ0) is 16.2. The smallest absolute Gasteiger partial charge is 0.318 e. The number of carbonyl (C=O) groups excluding carboxylic acids is 2. The van der Waals surface area contributed by atoms with Crippen LogP contribution in [0.15, 0.2) is 24.3 Å². The highest BCUT2D eigenvalue weighted by atomic mass is 16.2. The first kappa shape index (κ1) is 15.8. The predicted molar refractivity (Wildman–Crippen MR) is 88.0 cm³/mol. The molecule has 3 rings (SSSR count). The summed E-state index contributed by atoms with van der Waals surface area (Å²) in [7, 11) is 0. The summed E-state index contributed by atoms with van der Waals surface area (Å²) >= 11 is 0. The maximum absolute atomic E-state index is 12.3. The number of benzene rings is 1. The molecule has 6 nitrogen and oxygen atoms in total. The molecule has 124 valence electrons. The molecule has 2 aliphatic rings. The van der Waals surface area contributed by atoms with E-state index in [1.165, 1.54) is 11.1 Å². The van der Waals surface area contributed by atoms with E-state index < -0.39 is 0 Å². The molecule has 1 saturated heterocycles. The van der Waals surface area contributed by atoms with Crippen LogP contribution in [0.4, 0.5) is 4.79 Å². The number of carbonyl (C=O) groups is 2. The maximum Gasteiger partial charge on any atom is 0.318 e. The van der Waals surface area contributed by atoms with E-state index in [-0.39, 0.29) is 24.5 Å². The van der Waals surface area contributed by atoms with Crippen LogP contribution < -0.4 is 10.6 Å². The Morgan fingerprint density at radius 3 is 2.83 bits per heavy atom. The Morgan fingerprint density at radius 2 is 2.04 bits per heavy atom. The van der Waals surface area contributed by atoms with Crippen LogP contribution in [0, 0.1) is 0 Å². The van der Waals surface area contributed by atoms with Crippen molar-refractivity contribution >= 4 is 11.9 Å². The second-order valence-electron chi connectivity index (χ2n) is 6.24. The Labute approximate surface area is 136 Å². The molecule has 1 aromatic rings. The van der Waals surface area contributed by atoms with Gasteiger partial charge in [0.15, 0.2) is 0 Å². The molecule has 3 amide bonds. The summed E-state index contributed by atoms with van der Waals surface area (Å²) in [5.41, 5.74) is 2.50. The van der Waals surface area contributed by atoms with Crippen molar-refractivity contribution < 1.29 is 9.59 Å². The summed E-state index contributed by atoms with van der Waals surface area (Å²) in [6.45, 7) is 5.72. The van der Waals surface area contributed by atoms with Gasteiger partial charge < -0.3 is 20.4 Å². The average Bonchev–Trinajstić information content (AvgIpc) is 2.59. The minimum Gasteiger partial charge on any atom is -0.336 e. The van der Waals surface area contributed by atoms with Gasteiger partial charge in [0.05, 0.1) is 6.54 Å². The number of rotatable bonds is 2. The molecule has 0 spiro atoms. The molecule has 0 bridgehead atoms. The number of hydrogen-bond donors (Lipinski definition) is 2. The van der Waals surface area contributed by atoms with Crippen LogP contribution in [0.3, 0.4) is 0 Å². The summed E-state index contributed by atoms with van der Waals surface area (Å²) < 4.78 is 0. The lowest BCUT2D eigenvalue weighted by Crippen LogP contribution is -2.55. The summed E-state index contributed by atoms with van der Waals surface area (Å²) in [6, 6.07) is 8.21. The third-order valence-corrected chi connectivity index (χ3v) is 4.63. The fourth-order valence-electron chi connectivity index (χ4n) is 3.25. The first-order valence-corrected chi connectivity index (χ1v) is 8.25. The SMILES string of the molecule is CC1CNCCN1C(=O)CNC(=O)N1CCc2ccccc2C1. The van der Waals surface area contributed by atoms with Crippen LogP contribution in [0.25, 0.3) is 0 Å². The van der Waals surface area contributed by atoms with Crippen LogP contribution in [-0.2, 0) is 17.8 Å². The molecule has 23 heavy (non-hydrogen) atoms. The lowest BCUT2D eigenvalue weighted by molar-refractivity contribution is -0.132. The second kappa shape index (κ2) is 7.00. The predicted octanol–water partition coefficient (Wildman–Crippen LogP) is 0.575. The first-order valence-electron chi connectivity index (χ1n) is 8.25. The number of amides is 3. The van der Waals surface area contributed by atoms with Crippen LogP contribution in [-0.4, -0.2) is 60.5 Å². The Bertz CT molecular complexity index is 590. The van der Waals surface area contributed by atoms with Gasteiger partial charge >= 0.3 is 6.03 Å². The van der Waals surface area contributed by atoms with Crippen molar-refractivity contribution in [1.29, 1.82) is 0 Å². The molecule has 1 atom stereocenters. The van der Waals surface area contributed by atoms with E-state index >= 15 is 0 Å². The fraction of sp³-hybridized carbons (Fsp3) is 0.529. The Balaban J connectivity index is 1.51. The van der Waals surface area contributed by atoms with Gasteiger partial charge in [-0.25, -0.2) is 4.79 Å². The van der Waals surface area contributed by atoms with Gasteiger partial charge in [0.25, 0.3) is 0 Å². The molecule has 1 aromatic carbocycles. The number of hydrogen-bond acceptors (Lipinski definition) is 3. The molecule has 0 saturated carbocycles. The van der Waals surface area contributed by atoms with Gasteiger partial charge in [-0.05, 0) is 24.5 Å². The summed E-state index contributed by atoms with van der Waals surface area (Å²) in [6.07, 6.45) is 0.867. The molecular weight excluding hydrogens is 292 g/mol. The number of nitrogens with one attached hydrogen (secondary N) is 2. The third-order valence-electron chi connectivity index (χ3n) is 4.63. The van der Waals surface area contributed by atoms with Crippen molar-refractivity contribution in [2.24, 2.45) is 0 Å². The Hall–Kier alpha value is -2.08. The molecule has 2 heterocycles. The fourth-order valence-corrected chi connectivity index (χ4v) is 3.25. The molecule has 0 aliphatic carbocycles. The van der Waals surface area contributed by atoms with E-state index in [4.69, 9.17) is 0 Å². The van der Waals surface area contributed by atoms with Crippen LogP contribution in [0.1, 0.15) is 18.1 Å². The number of piperazine rings is 1. The maximum atomic E-state index is 12.3. The summed E-state index contributed by atoms with van der Waals surface area (Å²) in [5.74, 6) is -0.00948. The summed E-state index contributed by atoms with van der Waals surface area (Å²) in [5, 5.41) is 6.03. The highest BCUT2D eigenvalue weighted by Gasteiger charge is 2.25. The summed E-state index contributed by atoms with van der Waals surface area (Å²) in [4.78, 5) is 28.2. The van der Waals surface area contributed by atoms with Gasteiger partial charge in [0.1, 0.15) is 0 Å². The molecule has 1 unspecified atom stereocenters. The van der Waals surface area contributed by atoms with Gasteiger partial charge in [-0.3, -0.25) is 4.79 Å². The Kier molecular flexibility index (Phi) is 4.81.